The molecule has 0 aliphatic heterocycles. The molecule has 0 bridgehead atoms. The molecule has 1 N–H and O–H groups in total. The summed E-state index contributed by atoms with van der Waals surface area (Å²) < 4.78 is 37.3. The van der Waals surface area contributed by atoms with Crippen LogP contribution in [0, 0.1) is 11.8 Å². The van der Waals surface area contributed by atoms with Crippen molar-refractivity contribution in [2.75, 3.05) is 6.54 Å². The highest BCUT2D eigenvalue weighted by Crippen LogP contribution is 2.39. The lowest BCUT2D eigenvalue weighted by molar-refractivity contribution is -0.184. The van der Waals surface area contributed by atoms with Crippen molar-refractivity contribution >= 4 is 17.5 Å². The van der Waals surface area contributed by atoms with Crippen LogP contribution < -0.4 is 5.32 Å². The fraction of sp³-hybridized carbons (Fsp3) is 0.917. The summed E-state index contributed by atoms with van der Waals surface area (Å²) in [4.78, 5) is 11.7. The second-order valence-corrected chi connectivity index (χ2v) is 5.70. The first-order valence-corrected chi connectivity index (χ1v) is 6.73. The SMILES string of the molecule is CC(Cl)CCNC(=O)C1CCC(C(F)(F)F)CC1. The van der Waals surface area contributed by atoms with Gasteiger partial charge in [-0.3, -0.25) is 4.79 Å². The van der Waals surface area contributed by atoms with E-state index in [0.29, 0.717) is 25.8 Å². The van der Waals surface area contributed by atoms with Gasteiger partial charge in [0, 0.05) is 17.8 Å². The molecule has 1 rings (SSSR count). The summed E-state index contributed by atoms with van der Waals surface area (Å²) in [6.45, 7) is 2.32. The van der Waals surface area contributed by atoms with E-state index in [0.717, 1.165) is 0 Å². The Morgan fingerprint density at radius 2 is 1.89 bits per heavy atom. The minimum Gasteiger partial charge on any atom is -0.356 e. The maximum atomic E-state index is 12.4. The lowest BCUT2D eigenvalue weighted by Crippen LogP contribution is -2.36. The van der Waals surface area contributed by atoms with Crippen molar-refractivity contribution < 1.29 is 18.0 Å². The second kappa shape index (κ2) is 6.64. The third-order valence-electron chi connectivity index (χ3n) is 3.40. The molecule has 1 unspecified atom stereocenters. The molecule has 0 aromatic heterocycles. The molecule has 1 amide bonds. The van der Waals surface area contributed by atoms with E-state index in [1.54, 1.807) is 0 Å². The molecule has 1 saturated carbocycles. The lowest BCUT2D eigenvalue weighted by atomic mass is 9.81. The number of alkyl halides is 4. The first-order valence-electron chi connectivity index (χ1n) is 6.29. The number of halogens is 4. The van der Waals surface area contributed by atoms with Crippen LogP contribution >= 0.6 is 11.6 Å². The topological polar surface area (TPSA) is 29.1 Å². The van der Waals surface area contributed by atoms with E-state index in [4.69, 9.17) is 11.6 Å². The first-order chi connectivity index (χ1) is 8.30. The van der Waals surface area contributed by atoms with Crippen molar-refractivity contribution in [2.24, 2.45) is 11.8 Å². The fourth-order valence-electron chi connectivity index (χ4n) is 2.22. The number of amides is 1. The van der Waals surface area contributed by atoms with Crippen molar-refractivity contribution in [2.45, 2.75) is 50.6 Å². The molecule has 1 fully saturated rings. The minimum atomic E-state index is -4.12. The highest BCUT2D eigenvalue weighted by Gasteiger charge is 2.42. The van der Waals surface area contributed by atoms with Gasteiger partial charge in [-0.25, -0.2) is 0 Å². The van der Waals surface area contributed by atoms with Crippen molar-refractivity contribution in [3.63, 3.8) is 0 Å². The molecule has 2 nitrogen and oxygen atoms in total. The second-order valence-electron chi connectivity index (χ2n) is 4.95. The molecular weight excluding hydrogens is 267 g/mol. The zero-order valence-electron chi connectivity index (χ0n) is 10.4. The molecule has 0 heterocycles. The molecule has 0 aromatic carbocycles. The van der Waals surface area contributed by atoms with E-state index in [-0.39, 0.29) is 30.0 Å². The molecule has 0 aromatic rings. The Labute approximate surface area is 110 Å². The Kier molecular flexibility index (Phi) is 5.76. The van der Waals surface area contributed by atoms with E-state index >= 15 is 0 Å². The Morgan fingerprint density at radius 1 is 1.33 bits per heavy atom. The number of hydrogen-bond donors (Lipinski definition) is 1. The number of nitrogens with one attached hydrogen (secondary N) is 1. The van der Waals surface area contributed by atoms with Crippen LogP contribution in [0.1, 0.15) is 39.0 Å². The van der Waals surface area contributed by atoms with Gasteiger partial charge < -0.3 is 5.32 Å². The zero-order valence-corrected chi connectivity index (χ0v) is 11.2. The van der Waals surface area contributed by atoms with Gasteiger partial charge in [0.15, 0.2) is 0 Å². The summed E-state index contributed by atoms with van der Waals surface area (Å²) in [6, 6.07) is 0. The highest BCUT2D eigenvalue weighted by molar-refractivity contribution is 6.20. The smallest absolute Gasteiger partial charge is 0.356 e. The molecule has 6 heteroatoms. The average molecular weight is 286 g/mol. The van der Waals surface area contributed by atoms with Gasteiger partial charge in [0.1, 0.15) is 0 Å². The van der Waals surface area contributed by atoms with Crippen molar-refractivity contribution in [1.29, 1.82) is 0 Å². The summed E-state index contributed by atoms with van der Waals surface area (Å²) in [5.74, 6) is -1.63. The summed E-state index contributed by atoms with van der Waals surface area (Å²) in [5, 5.41) is 2.72. The predicted molar refractivity (Wildman–Crippen MR) is 64.4 cm³/mol. The van der Waals surface area contributed by atoms with Gasteiger partial charge in [0.2, 0.25) is 5.91 Å². The van der Waals surface area contributed by atoms with Gasteiger partial charge >= 0.3 is 6.18 Å². The third kappa shape index (κ3) is 5.04. The van der Waals surface area contributed by atoms with Gasteiger partial charge in [-0.1, -0.05) is 0 Å². The van der Waals surface area contributed by atoms with Crippen LogP contribution in [0.25, 0.3) is 0 Å². The molecule has 1 aliphatic rings. The fourth-order valence-corrected chi connectivity index (χ4v) is 2.33. The van der Waals surface area contributed by atoms with E-state index in [1.165, 1.54) is 0 Å². The Morgan fingerprint density at radius 3 is 2.33 bits per heavy atom. The third-order valence-corrected chi connectivity index (χ3v) is 3.62. The number of hydrogen-bond acceptors (Lipinski definition) is 1. The standard InChI is InChI=1S/C12H19ClF3NO/c1-8(13)6-7-17-11(18)9-2-4-10(5-3-9)12(14,15)16/h8-10H,2-7H2,1H3,(H,17,18). The maximum absolute atomic E-state index is 12.4. The average Bonchev–Trinajstić information content (AvgIpc) is 2.27. The molecule has 0 radical (unpaired) electrons. The van der Waals surface area contributed by atoms with Gasteiger partial charge in [0.05, 0.1) is 5.92 Å². The molecule has 1 atom stereocenters. The molecule has 0 saturated heterocycles. The van der Waals surface area contributed by atoms with E-state index in [1.807, 2.05) is 6.92 Å². The van der Waals surface area contributed by atoms with E-state index in [9.17, 15) is 18.0 Å². The Balaban J connectivity index is 2.28. The van der Waals surface area contributed by atoms with Crippen LogP contribution in [0.4, 0.5) is 13.2 Å². The maximum Gasteiger partial charge on any atom is 0.391 e. The van der Waals surface area contributed by atoms with Crippen LogP contribution in [0.5, 0.6) is 0 Å². The molecule has 1 aliphatic carbocycles. The summed E-state index contributed by atoms with van der Waals surface area (Å²) in [7, 11) is 0. The van der Waals surface area contributed by atoms with Gasteiger partial charge in [-0.05, 0) is 39.0 Å². The molecule has 0 spiro atoms. The highest BCUT2D eigenvalue weighted by atomic mass is 35.5. The van der Waals surface area contributed by atoms with E-state index < -0.39 is 12.1 Å². The molecule has 18 heavy (non-hydrogen) atoms. The Bertz CT molecular complexity index is 273. The normalized spacial score (nSPS) is 26.7. The van der Waals surface area contributed by atoms with E-state index in [2.05, 4.69) is 5.32 Å². The van der Waals surface area contributed by atoms with Crippen molar-refractivity contribution in [1.82, 2.24) is 5.32 Å². The van der Waals surface area contributed by atoms with Crippen LogP contribution in [0.15, 0.2) is 0 Å². The summed E-state index contributed by atoms with van der Waals surface area (Å²) in [6.07, 6.45) is -2.67. The van der Waals surface area contributed by atoms with Crippen LogP contribution in [-0.2, 0) is 4.79 Å². The quantitative estimate of drug-likeness (QED) is 0.787. The van der Waals surface area contributed by atoms with Crippen LogP contribution in [-0.4, -0.2) is 24.0 Å². The first kappa shape index (κ1) is 15.6. The minimum absolute atomic E-state index is 0.00809. The van der Waals surface area contributed by atoms with Crippen molar-refractivity contribution in [3.05, 3.63) is 0 Å². The van der Waals surface area contributed by atoms with Crippen molar-refractivity contribution in [3.8, 4) is 0 Å². The predicted octanol–water partition coefficient (Wildman–Crippen LogP) is 3.49. The van der Waals surface area contributed by atoms with Crippen LogP contribution in [0.2, 0.25) is 0 Å². The molecule has 106 valence electrons. The lowest BCUT2D eigenvalue weighted by Gasteiger charge is -2.29. The monoisotopic (exact) mass is 285 g/mol. The summed E-state index contributed by atoms with van der Waals surface area (Å²) in [5.41, 5.74) is 0. The Hall–Kier alpha value is -0.450. The number of rotatable bonds is 4. The molecular formula is C12H19ClF3NO. The number of carbonyl (C=O) groups excluding carboxylic acids is 1. The van der Waals surface area contributed by atoms with Gasteiger partial charge in [-0.2, -0.15) is 13.2 Å². The zero-order chi connectivity index (χ0) is 13.8. The number of carbonyl (C=O) groups is 1. The largest absolute Gasteiger partial charge is 0.391 e. The van der Waals surface area contributed by atoms with Crippen LogP contribution in [0.3, 0.4) is 0 Å². The van der Waals surface area contributed by atoms with Gasteiger partial charge in [0.25, 0.3) is 0 Å². The van der Waals surface area contributed by atoms with Gasteiger partial charge in [-0.15, -0.1) is 11.6 Å². The summed E-state index contributed by atoms with van der Waals surface area (Å²) >= 11 is 5.74.